The molecule has 6 heteroatoms. The fraction of sp³-hybridized carbons (Fsp3) is 0.167. The van der Waals surface area contributed by atoms with Crippen LogP contribution in [0.4, 0.5) is 0 Å². The second-order valence-corrected chi connectivity index (χ2v) is 2.72. The lowest BCUT2D eigenvalue weighted by atomic mass is 10.1. The smallest absolute Gasteiger partial charge is 0.162 e. The summed E-state index contributed by atoms with van der Waals surface area (Å²) < 4.78 is 0. The van der Waals surface area contributed by atoms with Crippen LogP contribution in [0.5, 0.6) is 0 Å². The first kappa shape index (κ1) is 7.23. The standard InChI is InChI=1S/C6H5N5S/c7-5(12)3-4-6(10-1-8-3)11-2-9-4/h1-2,4H,(H2,7,12). The summed E-state index contributed by atoms with van der Waals surface area (Å²) in [4.78, 5) is 16.0. The van der Waals surface area contributed by atoms with Gasteiger partial charge in [0.25, 0.3) is 0 Å². The van der Waals surface area contributed by atoms with Crippen LogP contribution < -0.4 is 5.73 Å². The number of aliphatic imine (C=N–C) groups is 4. The molecule has 0 fully saturated rings. The van der Waals surface area contributed by atoms with Gasteiger partial charge in [-0.2, -0.15) is 0 Å². The molecule has 2 N–H and O–H groups in total. The Morgan fingerprint density at radius 1 is 1.42 bits per heavy atom. The van der Waals surface area contributed by atoms with Crippen molar-refractivity contribution in [3.8, 4) is 0 Å². The molecule has 2 aliphatic rings. The van der Waals surface area contributed by atoms with Crippen LogP contribution >= 0.6 is 12.2 Å². The predicted molar refractivity (Wildman–Crippen MR) is 52.4 cm³/mol. The molecule has 0 aromatic carbocycles. The van der Waals surface area contributed by atoms with Gasteiger partial charge in [-0.25, -0.2) is 15.0 Å². The van der Waals surface area contributed by atoms with Crippen LogP contribution in [0.3, 0.4) is 0 Å². The summed E-state index contributed by atoms with van der Waals surface area (Å²) in [6, 6.07) is -0.271. The Labute approximate surface area is 73.8 Å². The van der Waals surface area contributed by atoms with Gasteiger partial charge >= 0.3 is 0 Å². The van der Waals surface area contributed by atoms with Crippen molar-refractivity contribution in [2.45, 2.75) is 6.04 Å². The van der Waals surface area contributed by atoms with Gasteiger partial charge in [0, 0.05) is 0 Å². The number of fused-ring (bicyclic) bond motifs is 1. The lowest BCUT2D eigenvalue weighted by Gasteiger charge is -2.11. The van der Waals surface area contributed by atoms with Crippen molar-refractivity contribution >= 4 is 41.4 Å². The molecule has 2 rings (SSSR count). The highest BCUT2D eigenvalue weighted by atomic mass is 32.1. The van der Waals surface area contributed by atoms with Gasteiger partial charge in [-0.15, -0.1) is 0 Å². The summed E-state index contributed by atoms with van der Waals surface area (Å²) in [6.07, 6.45) is 2.83. The van der Waals surface area contributed by atoms with Gasteiger partial charge in [0.2, 0.25) is 0 Å². The van der Waals surface area contributed by atoms with Crippen molar-refractivity contribution in [2.24, 2.45) is 25.7 Å². The first-order valence-corrected chi connectivity index (χ1v) is 3.69. The lowest BCUT2D eigenvalue weighted by Crippen LogP contribution is -2.37. The number of nitrogens with zero attached hydrogens (tertiary/aromatic N) is 4. The molecule has 0 amide bonds. The molecule has 12 heavy (non-hydrogen) atoms. The highest BCUT2D eigenvalue weighted by Gasteiger charge is 2.27. The zero-order valence-corrected chi connectivity index (χ0v) is 6.82. The highest BCUT2D eigenvalue weighted by molar-refractivity contribution is 7.82. The molecular formula is C6H5N5S. The van der Waals surface area contributed by atoms with E-state index in [2.05, 4.69) is 20.0 Å². The minimum Gasteiger partial charge on any atom is -0.388 e. The van der Waals surface area contributed by atoms with E-state index in [9.17, 15) is 0 Å². The molecular weight excluding hydrogens is 174 g/mol. The van der Waals surface area contributed by atoms with Gasteiger partial charge in [-0.3, -0.25) is 4.99 Å². The predicted octanol–water partition coefficient (Wildman–Crippen LogP) is -0.436. The molecule has 0 spiro atoms. The van der Waals surface area contributed by atoms with Crippen molar-refractivity contribution in [1.82, 2.24) is 0 Å². The van der Waals surface area contributed by atoms with E-state index in [0.717, 1.165) is 0 Å². The summed E-state index contributed by atoms with van der Waals surface area (Å²) in [6.45, 7) is 0. The Bertz CT molecular complexity index is 351. The average molecular weight is 179 g/mol. The van der Waals surface area contributed by atoms with Gasteiger partial charge in [0.1, 0.15) is 23.4 Å². The van der Waals surface area contributed by atoms with E-state index in [1.807, 2.05) is 0 Å². The van der Waals surface area contributed by atoms with Crippen LogP contribution in [0.1, 0.15) is 0 Å². The second kappa shape index (κ2) is 2.56. The Morgan fingerprint density at radius 3 is 3.00 bits per heavy atom. The summed E-state index contributed by atoms with van der Waals surface area (Å²) in [5.74, 6) is 0.604. The zero-order chi connectivity index (χ0) is 8.55. The normalized spacial score (nSPS) is 24.8. The first-order chi connectivity index (χ1) is 5.79. The molecule has 0 saturated carbocycles. The van der Waals surface area contributed by atoms with E-state index < -0.39 is 0 Å². The summed E-state index contributed by atoms with van der Waals surface area (Å²) in [7, 11) is 0. The Kier molecular flexibility index (Phi) is 1.54. The molecule has 2 heterocycles. The van der Waals surface area contributed by atoms with Crippen LogP contribution in [-0.4, -0.2) is 35.3 Å². The van der Waals surface area contributed by atoms with Gasteiger partial charge in [0.15, 0.2) is 11.9 Å². The topological polar surface area (TPSA) is 75.5 Å². The maximum atomic E-state index is 5.43. The van der Waals surface area contributed by atoms with Gasteiger partial charge in [-0.1, -0.05) is 12.2 Å². The van der Waals surface area contributed by atoms with Crippen LogP contribution in [0.25, 0.3) is 0 Å². The van der Waals surface area contributed by atoms with Crippen molar-refractivity contribution in [3.63, 3.8) is 0 Å². The fourth-order valence-electron chi connectivity index (χ4n) is 1.01. The molecule has 0 aromatic heterocycles. The molecule has 5 nitrogen and oxygen atoms in total. The molecule has 1 atom stereocenters. The highest BCUT2D eigenvalue weighted by Crippen LogP contribution is 2.09. The molecule has 0 bridgehead atoms. The van der Waals surface area contributed by atoms with E-state index in [1.54, 1.807) is 0 Å². The molecule has 0 aliphatic carbocycles. The number of hydrogen-bond acceptors (Lipinski definition) is 5. The number of amidine groups is 1. The van der Waals surface area contributed by atoms with Gasteiger partial charge < -0.3 is 5.73 Å². The average Bonchev–Trinajstić information content (AvgIpc) is 2.49. The minimum atomic E-state index is -0.271. The quantitative estimate of drug-likeness (QED) is 0.554. The summed E-state index contributed by atoms with van der Waals surface area (Å²) in [5.41, 5.74) is 6.00. The maximum absolute atomic E-state index is 5.43. The van der Waals surface area contributed by atoms with Crippen molar-refractivity contribution < 1.29 is 0 Å². The Hall–Kier alpha value is -1.43. The third-order valence-corrected chi connectivity index (χ3v) is 1.76. The molecule has 1 unspecified atom stereocenters. The van der Waals surface area contributed by atoms with Gasteiger partial charge in [-0.05, 0) is 0 Å². The van der Waals surface area contributed by atoms with Crippen LogP contribution in [0.15, 0.2) is 20.0 Å². The lowest BCUT2D eigenvalue weighted by molar-refractivity contribution is 1.15. The number of rotatable bonds is 1. The maximum Gasteiger partial charge on any atom is 0.162 e. The number of hydrogen-bond donors (Lipinski definition) is 1. The van der Waals surface area contributed by atoms with E-state index in [4.69, 9.17) is 18.0 Å². The molecule has 0 aromatic rings. The third-order valence-electron chi connectivity index (χ3n) is 1.55. The number of thiocarbonyl (C=S) groups is 1. The molecule has 0 radical (unpaired) electrons. The monoisotopic (exact) mass is 179 g/mol. The van der Waals surface area contributed by atoms with Crippen molar-refractivity contribution in [2.75, 3.05) is 0 Å². The fourth-order valence-corrected chi connectivity index (χ4v) is 1.18. The largest absolute Gasteiger partial charge is 0.388 e. The van der Waals surface area contributed by atoms with Crippen LogP contribution in [0.2, 0.25) is 0 Å². The molecule has 0 saturated heterocycles. The van der Waals surface area contributed by atoms with E-state index in [-0.39, 0.29) is 11.0 Å². The van der Waals surface area contributed by atoms with E-state index in [0.29, 0.717) is 11.5 Å². The van der Waals surface area contributed by atoms with Crippen LogP contribution in [-0.2, 0) is 0 Å². The first-order valence-electron chi connectivity index (χ1n) is 3.28. The molecule has 60 valence electrons. The van der Waals surface area contributed by atoms with E-state index >= 15 is 0 Å². The van der Waals surface area contributed by atoms with Crippen molar-refractivity contribution in [3.05, 3.63) is 0 Å². The Balaban J connectivity index is 2.41. The Morgan fingerprint density at radius 2 is 2.25 bits per heavy atom. The van der Waals surface area contributed by atoms with Crippen molar-refractivity contribution in [1.29, 1.82) is 0 Å². The summed E-state index contributed by atoms with van der Waals surface area (Å²) >= 11 is 4.80. The van der Waals surface area contributed by atoms with Gasteiger partial charge in [0.05, 0.1) is 0 Å². The third kappa shape index (κ3) is 0.964. The zero-order valence-electron chi connectivity index (χ0n) is 6.01. The summed E-state index contributed by atoms with van der Waals surface area (Å²) in [5, 5.41) is 0. The van der Waals surface area contributed by atoms with Crippen LogP contribution in [0, 0.1) is 0 Å². The minimum absolute atomic E-state index is 0.248. The second-order valence-electron chi connectivity index (χ2n) is 2.28. The number of nitrogens with two attached hydrogens (primary N) is 1. The molecule has 2 aliphatic heterocycles. The van der Waals surface area contributed by atoms with E-state index in [1.165, 1.54) is 12.7 Å². The SMILES string of the molecule is NC(=S)C1=NC=NC2=NC=NC21.